The standard InChI is InChI=1S/C98H132N18O17/c1-59-17-12-11-13-18-60(2)80(127-8)49-74-28-21-65(7)98(126,133-74)89(122)93(124)115-33-15-14-19-76(115)94(125)131-81(62(4)45-66-24-29-77(118)82(47-66)128-9)50-78(119)61(3)44-64(6)87(121)88(129-10)85(63(5)43-59)109-130-57-73(117)27-23-68-51-101-96(102-52-68)113-41-39-111(40-42-113)83(120)20-16-32-110-35-37-112(38-36-110)97-103-53-72(54-104-97)92(123)114-34-31-69-46-67(22-25-71(69)56-114)55-116-91-84(90(99)105-58-106-91)86(108-116)70-26-30-79-75(48-70)107-95(100)132-79/h11-13,17-18,22,25-26,30,44,46,48,51-54,58-59,61-63,65-66,74,76-78,80-82,87-88,118-119,121,126H,14-16,19-21,23-24,27-29,31-43,45,47,49-50,55-57H2,1-10H3,(H2,100,107)(H2,99,105,106)/b13-11+,17-12+,60-18+,64-44+,109-85?/t59-,61-,62-,63-,65-,66+,74+,76+,77-,78-,80+,81+,82-,87-,88+,98-/m1/s1. The summed E-state index contributed by atoms with van der Waals surface area (Å²) in [5.41, 5.74) is 21.5. The Morgan fingerprint density at radius 1 is 0.722 bits per heavy atom. The zero-order chi connectivity index (χ0) is 94.3. The molecule has 4 saturated heterocycles. The first-order valence-electron chi connectivity index (χ1n) is 47.2. The summed E-state index contributed by atoms with van der Waals surface area (Å²) < 4.78 is 37.8. The number of methoxy groups -OCH3 is 3. The summed E-state index contributed by atoms with van der Waals surface area (Å²) >= 11 is 0. The third-order valence-corrected chi connectivity index (χ3v) is 27.9. The third kappa shape index (κ3) is 24.1. The lowest BCUT2D eigenvalue weighted by Gasteiger charge is -2.43. The van der Waals surface area contributed by atoms with Gasteiger partial charge >= 0.3 is 5.97 Å². The van der Waals surface area contributed by atoms with Crippen LogP contribution in [0.1, 0.15) is 177 Å². The number of anilines is 4. The van der Waals surface area contributed by atoms with Crippen molar-refractivity contribution in [1.29, 1.82) is 0 Å². The summed E-state index contributed by atoms with van der Waals surface area (Å²) in [5, 5.41) is 57.7. The topological polar surface area (TPSA) is 444 Å². The molecule has 133 heavy (non-hydrogen) atoms. The zero-order valence-corrected chi connectivity index (χ0v) is 78.3. The van der Waals surface area contributed by atoms with Gasteiger partial charge in [0.05, 0.1) is 53.7 Å². The highest BCUT2D eigenvalue weighted by Crippen LogP contribution is 2.40. The number of hydrogen-bond acceptors (Lipinski definition) is 31. The minimum atomic E-state index is -2.47. The van der Waals surface area contributed by atoms with Crippen LogP contribution in [0.25, 0.3) is 33.4 Å². The van der Waals surface area contributed by atoms with Crippen molar-refractivity contribution < 1.29 is 82.1 Å². The van der Waals surface area contributed by atoms with Gasteiger partial charge in [0.1, 0.15) is 47.7 Å². The van der Waals surface area contributed by atoms with Gasteiger partial charge in [0.25, 0.3) is 23.6 Å². The monoisotopic (exact) mass is 1830 g/mol. The number of piperidine rings is 1. The lowest BCUT2D eigenvalue weighted by atomic mass is 9.78. The van der Waals surface area contributed by atoms with E-state index in [9.17, 15) is 49.2 Å². The van der Waals surface area contributed by atoms with Gasteiger partial charge in [0.2, 0.25) is 23.6 Å². The number of fused-ring (bicyclic) bond motifs is 6. The van der Waals surface area contributed by atoms with Crippen molar-refractivity contribution in [2.45, 2.75) is 231 Å². The Hall–Kier alpha value is -10.9. The number of aromatic nitrogens is 9. The number of aryl methyl sites for hydroxylation is 1. The van der Waals surface area contributed by atoms with Crippen LogP contribution in [0.15, 0.2) is 125 Å². The third-order valence-electron chi connectivity index (χ3n) is 27.9. The van der Waals surface area contributed by atoms with E-state index in [1.165, 1.54) is 18.3 Å². The van der Waals surface area contributed by atoms with Crippen LogP contribution in [0, 0.1) is 35.5 Å². The average Bonchev–Trinajstić information content (AvgIpc) is 1.57. The number of Topliss-reactive ketones (excluding diaryl/α,β-unsaturated/α-hetero) is 2. The smallest absolute Gasteiger partial charge is 0.329 e. The fourth-order valence-corrected chi connectivity index (χ4v) is 19.8. The maximum absolute atomic E-state index is 14.8. The molecule has 35 nitrogen and oxygen atoms in total. The largest absolute Gasteiger partial charge is 0.460 e. The number of oxazole rings is 1. The maximum atomic E-state index is 14.8. The number of aliphatic hydroxyl groups excluding tert-OH is 3. The molecule has 35 heteroatoms. The molecule has 0 spiro atoms. The molecule has 14 rings (SSSR count). The Bertz CT molecular complexity index is 5360. The average molecular weight is 1830 g/mol. The number of rotatable bonds is 22. The number of benzene rings is 2. The quantitative estimate of drug-likeness (QED) is 0.0159. The van der Waals surface area contributed by atoms with Crippen LogP contribution in [0.3, 0.4) is 0 Å². The molecule has 2 bridgehead atoms. The maximum Gasteiger partial charge on any atom is 0.329 e. The zero-order valence-electron chi connectivity index (χ0n) is 78.3. The first kappa shape index (κ1) is 98.1. The van der Waals surface area contributed by atoms with E-state index in [1.807, 2.05) is 77.8 Å². The molecule has 5 aromatic heterocycles. The van der Waals surface area contributed by atoms with E-state index in [0.29, 0.717) is 198 Å². The van der Waals surface area contributed by atoms with E-state index in [2.05, 4.69) is 79.9 Å². The Morgan fingerprint density at radius 2 is 1.47 bits per heavy atom. The fourth-order valence-electron chi connectivity index (χ4n) is 19.8. The van der Waals surface area contributed by atoms with E-state index >= 15 is 0 Å². The van der Waals surface area contributed by atoms with Gasteiger partial charge in [-0.05, 0) is 173 Å². The second-order valence-electron chi connectivity index (χ2n) is 37.5. The Morgan fingerprint density at radius 3 is 2.20 bits per heavy atom. The van der Waals surface area contributed by atoms with Crippen LogP contribution in [-0.4, -0.2) is 286 Å². The van der Waals surface area contributed by atoms with Crippen LogP contribution >= 0.6 is 0 Å². The lowest BCUT2D eigenvalue weighted by Crippen LogP contribution is -2.61. The number of cyclic esters (lactones) is 1. The fraction of sp³-hybridized carbons (Fsp3) is 0.582. The molecule has 7 aliphatic rings. The van der Waals surface area contributed by atoms with Crippen molar-refractivity contribution in [2.75, 3.05) is 121 Å². The minimum Gasteiger partial charge on any atom is -0.460 e. The number of nitrogen functional groups attached to an aromatic ring is 2. The summed E-state index contributed by atoms with van der Waals surface area (Å²) in [6, 6.07) is 10.7. The second-order valence-corrected chi connectivity index (χ2v) is 37.5. The summed E-state index contributed by atoms with van der Waals surface area (Å²) in [5.74, 6) is -6.22. The number of ether oxygens (including phenoxy) is 5. The summed E-state index contributed by atoms with van der Waals surface area (Å²) in [6.45, 7) is 20.2. The predicted molar refractivity (Wildman–Crippen MR) is 500 cm³/mol. The number of amides is 3. The molecule has 3 amide bonds. The van der Waals surface area contributed by atoms with Crippen molar-refractivity contribution in [3.05, 3.63) is 143 Å². The van der Waals surface area contributed by atoms with Crippen molar-refractivity contribution >= 4 is 86.8 Å². The van der Waals surface area contributed by atoms with Crippen LogP contribution in [0.5, 0.6) is 0 Å². The molecular weight excluding hydrogens is 1700 g/mol. The first-order chi connectivity index (χ1) is 64.0. The Kier molecular flexibility index (Phi) is 33.2. The van der Waals surface area contributed by atoms with Crippen molar-refractivity contribution in [1.82, 2.24) is 64.3 Å². The van der Waals surface area contributed by atoms with Gasteiger partial charge in [-0.25, -0.2) is 39.4 Å². The van der Waals surface area contributed by atoms with Crippen molar-refractivity contribution in [3.8, 4) is 11.3 Å². The molecule has 16 atom stereocenters. The number of esters is 1. The summed E-state index contributed by atoms with van der Waals surface area (Å²) in [4.78, 5) is 134. The lowest BCUT2D eigenvalue weighted by molar-refractivity contribution is -0.265. The van der Waals surface area contributed by atoms with E-state index in [4.69, 9.17) is 49.5 Å². The van der Waals surface area contributed by atoms with Crippen molar-refractivity contribution in [3.63, 3.8) is 0 Å². The number of oxime groups is 1. The Balaban J connectivity index is 0.538. The van der Waals surface area contributed by atoms with Crippen LogP contribution in [-0.2, 0) is 78.4 Å². The number of piperazine rings is 2. The minimum absolute atomic E-state index is 0.0328. The predicted octanol–water partition coefficient (Wildman–Crippen LogP) is 9.17. The number of nitrogens with zero attached hydrogens (tertiary/aromatic N) is 16. The van der Waals surface area contributed by atoms with Gasteiger partial charge in [-0.2, -0.15) is 10.1 Å². The number of allylic oxidation sites excluding steroid dienone is 5. The number of aliphatic hydroxyl groups is 4. The summed E-state index contributed by atoms with van der Waals surface area (Å²) in [7, 11) is 4.62. The van der Waals surface area contributed by atoms with Crippen LogP contribution < -0.4 is 21.3 Å². The molecule has 0 radical (unpaired) electrons. The molecule has 716 valence electrons. The molecule has 0 unspecified atom stereocenters. The van der Waals surface area contributed by atoms with E-state index < -0.39 is 84.1 Å². The molecule has 8 N–H and O–H groups in total. The van der Waals surface area contributed by atoms with Gasteiger partial charge < -0.3 is 89.3 Å². The molecule has 6 aliphatic heterocycles. The van der Waals surface area contributed by atoms with Gasteiger partial charge in [-0.1, -0.05) is 94.4 Å². The Labute approximate surface area is 776 Å². The molecule has 11 heterocycles. The van der Waals surface area contributed by atoms with Gasteiger partial charge in [-0.3, -0.25) is 28.9 Å². The molecule has 7 aromatic rings. The van der Waals surface area contributed by atoms with Crippen LogP contribution in [0.2, 0.25) is 0 Å². The van der Waals surface area contributed by atoms with Gasteiger partial charge in [0.15, 0.2) is 23.6 Å². The van der Waals surface area contributed by atoms with E-state index in [1.54, 1.807) is 71.9 Å². The normalized spacial score (nSPS) is 28.7. The van der Waals surface area contributed by atoms with Gasteiger partial charge in [0, 0.05) is 167 Å². The highest BCUT2D eigenvalue weighted by molar-refractivity contribution is 6.39. The first-order valence-corrected chi connectivity index (χ1v) is 47.2. The van der Waals surface area contributed by atoms with Crippen LogP contribution in [0.4, 0.5) is 23.7 Å². The number of carbonyl (C=O) groups excluding carboxylic acids is 6. The number of ketones is 2. The van der Waals surface area contributed by atoms with Crippen molar-refractivity contribution in [2.24, 2.45) is 40.7 Å². The summed E-state index contributed by atoms with van der Waals surface area (Å²) in [6.07, 6.45) is 20.6. The number of nitrogens with two attached hydrogens (primary N) is 2. The van der Waals surface area contributed by atoms with E-state index in [-0.39, 0.29) is 92.2 Å². The molecule has 1 saturated carbocycles. The van der Waals surface area contributed by atoms with E-state index in [0.717, 1.165) is 59.4 Å². The number of hydrogen-bond donors (Lipinski definition) is 6. The molecule has 2 aromatic carbocycles. The highest BCUT2D eigenvalue weighted by atomic mass is 16.6. The highest BCUT2D eigenvalue weighted by Gasteiger charge is 2.53. The van der Waals surface area contributed by atoms with Gasteiger partial charge in [-0.15, -0.1) is 0 Å². The SMILES string of the molecule is CO[C@H]1C[C@@H]2CC[C@@H](C)[C@@](O)(O2)C(=O)C(=O)N2CCCC[C@H]2C(=O)O[C@H]([C@H](C)C[C@@H]2CC[C@@H](O)[C@H](OC)C2)C[C@@H](O)[C@H](C)/C=C(\C)[C@@H](O)[C@@H](OC)C(=NOCC(=O)CCc2cnc(N3CCN(C(=O)CCCN4CCN(c5ncc(C(=O)N6CCc7cc(Cn8nc(-c9ccc%10oc(N)nc%10c9)c9c(N)ncnc98)ccc7C6)cn5)CC4)CC3)nc2)[C@H](C)C[C@H](C)/C=C/C=C/C=C/1C. The second kappa shape index (κ2) is 45.0. The number of carbonyl (C=O) groups is 6. The molecular formula is C98H132N18O17. The molecule has 1 aliphatic carbocycles. The molecule has 5 fully saturated rings.